The minimum atomic E-state index is -3.73. The first-order valence-electron chi connectivity index (χ1n) is 7.98. The van der Waals surface area contributed by atoms with Crippen LogP contribution >= 0.6 is 0 Å². The summed E-state index contributed by atoms with van der Waals surface area (Å²) in [5.41, 5.74) is 1.59. The van der Waals surface area contributed by atoms with E-state index in [1.54, 1.807) is 42.5 Å². The Balaban J connectivity index is 2.08. The molecule has 144 valence electrons. The van der Waals surface area contributed by atoms with E-state index in [-0.39, 0.29) is 17.9 Å². The summed E-state index contributed by atoms with van der Waals surface area (Å²) in [6.45, 7) is 0. The molecule has 2 aromatic carbocycles. The van der Waals surface area contributed by atoms with Crippen LogP contribution < -0.4 is 4.72 Å². The second kappa shape index (κ2) is 6.86. The molecule has 2 aromatic rings. The molecular formula is C17H19N3O5S2. The van der Waals surface area contributed by atoms with Crippen molar-refractivity contribution >= 4 is 31.4 Å². The molecule has 0 radical (unpaired) electrons. The highest BCUT2D eigenvalue weighted by Crippen LogP contribution is 2.39. The molecular weight excluding hydrogens is 390 g/mol. The highest BCUT2D eigenvalue weighted by molar-refractivity contribution is 7.92. The normalized spacial score (nSPS) is 17.6. The van der Waals surface area contributed by atoms with Crippen molar-refractivity contribution in [3.8, 4) is 5.75 Å². The number of para-hydroxylation sites is 2. The molecule has 1 atom stereocenters. The maximum Gasteiger partial charge on any atom is 0.247 e. The minimum absolute atomic E-state index is 0.00658. The van der Waals surface area contributed by atoms with E-state index < -0.39 is 26.1 Å². The average Bonchev–Trinajstić information content (AvgIpc) is 2.99. The summed E-state index contributed by atoms with van der Waals surface area (Å²) in [6, 6.07) is 12.4. The van der Waals surface area contributed by atoms with Gasteiger partial charge in [-0.2, -0.15) is 9.52 Å². The molecule has 0 unspecified atom stereocenters. The van der Waals surface area contributed by atoms with Gasteiger partial charge in [0.25, 0.3) is 0 Å². The molecule has 3 rings (SSSR count). The molecule has 10 heteroatoms. The fourth-order valence-corrected chi connectivity index (χ4v) is 4.47. The van der Waals surface area contributed by atoms with Crippen molar-refractivity contribution in [1.82, 2.24) is 4.41 Å². The van der Waals surface area contributed by atoms with Crippen molar-refractivity contribution in [2.45, 2.75) is 12.5 Å². The number of hydrogen-bond acceptors (Lipinski definition) is 6. The minimum Gasteiger partial charge on any atom is -0.507 e. The van der Waals surface area contributed by atoms with E-state index in [0.717, 1.165) is 16.9 Å². The molecule has 0 aliphatic carbocycles. The van der Waals surface area contributed by atoms with Crippen LogP contribution in [0.25, 0.3) is 0 Å². The molecule has 0 bridgehead atoms. The average molecular weight is 409 g/mol. The van der Waals surface area contributed by atoms with Crippen molar-refractivity contribution in [3.63, 3.8) is 0 Å². The number of aromatic hydroxyl groups is 1. The molecule has 0 amide bonds. The Bertz CT molecular complexity index is 1110. The number of benzene rings is 2. The number of phenolic OH excluding ortho intramolecular Hbond substituents is 1. The number of sulfonamides is 2. The highest BCUT2D eigenvalue weighted by Gasteiger charge is 2.36. The molecule has 1 heterocycles. The van der Waals surface area contributed by atoms with Crippen LogP contribution in [0.5, 0.6) is 5.75 Å². The molecule has 0 saturated heterocycles. The molecule has 2 N–H and O–H groups in total. The molecule has 27 heavy (non-hydrogen) atoms. The van der Waals surface area contributed by atoms with Crippen LogP contribution in [0.4, 0.5) is 5.69 Å². The predicted octanol–water partition coefficient (Wildman–Crippen LogP) is 1.87. The summed E-state index contributed by atoms with van der Waals surface area (Å²) in [6.07, 6.45) is 2.24. The highest BCUT2D eigenvalue weighted by atomic mass is 32.2. The van der Waals surface area contributed by atoms with Crippen LogP contribution in [0.1, 0.15) is 23.6 Å². The van der Waals surface area contributed by atoms with Gasteiger partial charge in [-0.15, -0.1) is 0 Å². The molecule has 0 aromatic heterocycles. The van der Waals surface area contributed by atoms with Gasteiger partial charge in [0.1, 0.15) is 5.75 Å². The number of hydrogen-bond donors (Lipinski definition) is 2. The van der Waals surface area contributed by atoms with Crippen molar-refractivity contribution in [2.24, 2.45) is 5.10 Å². The van der Waals surface area contributed by atoms with Crippen LogP contribution in [0.3, 0.4) is 0 Å². The molecule has 0 saturated carbocycles. The van der Waals surface area contributed by atoms with Crippen LogP contribution in [-0.2, 0) is 20.0 Å². The zero-order chi connectivity index (χ0) is 19.8. The fraction of sp³-hybridized carbons (Fsp3) is 0.235. The Morgan fingerprint density at radius 2 is 1.67 bits per heavy atom. The predicted molar refractivity (Wildman–Crippen MR) is 104 cm³/mol. The molecule has 1 aliphatic heterocycles. The Labute approximate surface area is 158 Å². The van der Waals surface area contributed by atoms with Gasteiger partial charge in [-0.3, -0.25) is 4.72 Å². The summed E-state index contributed by atoms with van der Waals surface area (Å²) in [5, 5.41) is 14.3. The van der Waals surface area contributed by atoms with E-state index in [4.69, 9.17) is 0 Å². The monoisotopic (exact) mass is 409 g/mol. The molecule has 8 nitrogen and oxygen atoms in total. The first kappa shape index (κ1) is 19.2. The number of phenols is 1. The largest absolute Gasteiger partial charge is 0.507 e. The van der Waals surface area contributed by atoms with Gasteiger partial charge in [0.2, 0.25) is 20.0 Å². The van der Waals surface area contributed by atoms with E-state index in [0.29, 0.717) is 16.8 Å². The van der Waals surface area contributed by atoms with Crippen LogP contribution in [0, 0.1) is 0 Å². The Morgan fingerprint density at radius 3 is 2.30 bits per heavy atom. The second-order valence-corrected chi connectivity index (χ2v) is 9.87. The third-order valence-electron chi connectivity index (χ3n) is 4.04. The maximum atomic E-state index is 12.3. The van der Waals surface area contributed by atoms with E-state index in [9.17, 15) is 21.9 Å². The molecule has 0 fully saturated rings. The SMILES string of the molecule is CS(=O)(=O)Nc1ccccc1[C@H]1CC(c2ccccc2O)=NN1S(C)(=O)=O. The van der Waals surface area contributed by atoms with Gasteiger partial charge in [0.05, 0.1) is 30.0 Å². The van der Waals surface area contributed by atoms with Crippen molar-refractivity contribution in [3.05, 3.63) is 59.7 Å². The van der Waals surface area contributed by atoms with Crippen molar-refractivity contribution in [2.75, 3.05) is 17.2 Å². The van der Waals surface area contributed by atoms with Gasteiger partial charge in [0, 0.05) is 17.5 Å². The Hall–Kier alpha value is -2.59. The molecule has 1 aliphatic rings. The van der Waals surface area contributed by atoms with Crippen LogP contribution in [0.2, 0.25) is 0 Å². The number of anilines is 1. The zero-order valence-corrected chi connectivity index (χ0v) is 16.3. The van der Waals surface area contributed by atoms with E-state index >= 15 is 0 Å². The van der Waals surface area contributed by atoms with Crippen molar-refractivity contribution in [1.29, 1.82) is 0 Å². The first-order chi connectivity index (χ1) is 12.6. The topological polar surface area (TPSA) is 116 Å². The number of hydrazone groups is 1. The lowest BCUT2D eigenvalue weighted by molar-refractivity contribution is 0.375. The van der Waals surface area contributed by atoms with Gasteiger partial charge in [-0.25, -0.2) is 16.8 Å². The lowest BCUT2D eigenvalue weighted by Crippen LogP contribution is -2.27. The molecule has 0 spiro atoms. The summed E-state index contributed by atoms with van der Waals surface area (Å²) in [7, 11) is -7.28. The van der Waals surface area contributed by atoms with E-state index in [2.05, 4.69) is 9.82 Å². The lowest BCUT2D eigenvalue weighted by atomic mass is 9.97. The quantitative estimate of drug-likeness (QED) is 0.782. The number of rotatable bonds is 5. The Kier molecular flexibility index (Phi) is 4.87. The standard InChI is InChI=1S/C17H19N3O5S2/c1-26(22,23)19-14-9-5-3-7-12(14)16-11-15(18-20(16)27(2,24)25)13-8-4-6-10-17(13)21/h3-10,16,19,21H,11H2,1-2H3/t16-/m1/s1. The number of nitrogens with one attached hydrogen (secondary N) is 1. The first-order valence-corrected chi connectivity index (χ1v) is 11.7. The maximum absolute atomic E-state index is 12.3. The summed E-state index contributed by atoms with van der Waals surface area (Å²) < 4.78 is 51.3. The third-order valence-corrected chi connectivity index (χ3v) is 5.65. The van der Waals surface area contributed by atoms with E-state index in [1.165, 1.54) is 6.07 Å². The van der Waals surface area contributed by atoms with Gasteiger partial charge >= 0.3 is 0 Å². The van der Waals surface area contributed by atoms with E-state index in [1.807, 2.05) is 0 Å². The van der Waals surface area contributed by atoms with Gasteiger partial charge in [0.15, 0.2) is 0 Å². The summed E-state index contributed by atoms with van der Waals surface area (Å²) in [4.78, 5) is 0. The zero-order valence-electron chi connectivity index (χ0n) is 14.7. The lowest BCUT2D eigenvalue weighted by Gasteiger charge is -2.23. The smallest absolute Gasteiger partial charge is 0.247 e. The fourth-order valence-electron chi connectivity index (χ4n) is 2.99. The van der Waals surface area contributed by atoms with Gasteiger partial charge < -0.3 is 5.11 Å². The van der Waals surface area contributed by atoms with Gasteiger partial charge in [-0.05, 0) is 18.2 Å². The summed E-state index contributed by atoms with van der Waals surface area (Å²) >= 11 is 0. The Morgan fingerprint density at radius 1 is 1.04 bits per heavy atom. The third kappa shape index (κ3) is 4.22. The van der Waals surface area contributed by atoms with Crippen LogP contribution in [0.15, 0.2) is 53.6 Å². The van der Waals surface area contributed by atoms with Crippen molar-refractivity contribution < 1.29 is 21.9 Å². The summed E-state index contributed by atoms with van der Waals surface area (Å²) in [5.74, 6) is -0.00658. The second-order valence-electron chi connectivity index (χ2n) is 6.28. The van der Waals surface area contributed by atoms with Crippen LogP contribution in [-0.4, -0.2) is 44.6 Å². The van der Waals surface area contributed by atoms with Gasteiger partial charge in [-0.1, -0.05) is 30.3 Å². The number of nitrogens with zero attached hydrogens (tertiary/aromatic N) is 2.